The zero-order valence-corrected chi connectivity index (χ0v) is 11.6. The monoisotopic (exact) mass is 259 g/mol. The van der Waals surface area contributed by atoms with Crippen molar-refractivity contribution in [3.63, 3.8) is 0 Å². The largest absolute Gasteiger partial charge is 0.351 e. The van der Waals surface area contributed by atoms with E-state index < -0.39 is 0 Å². The third-order valence-corrected chi connectivity index (χ3v) is 3.96. The fraction of sp³-hybridized carbons (Fsp3) is 0.571. The molecule has 0 aliphatic carbocycles. The zero-order valence-electron chi connectivity index (χ0n) is 11.6. The zero-order chi connectivity index (χ0) is 13.2. The number of anilines is 1. The molecule has 0 bridgehead atoms. The van der Waals surface area contributed by atoms with Crippen LogP contribution in [0.1, 0.15) is 19.3 Å². The first-order valence-electron chi connectivity index (χ1n) is 6.98. The highest BCUT2D eigenvalue weighted by atomic mass is 15.2. The van der Waals surface area contributed by atoms with Crippen molar-refractivity contribution in [3.05, 3.63) is 18.6 Å². The number of imidazole rings is 1. The van der Waals surface area contributed by atoms with Crippen molar-refractivity contribution >= 4 is 16.9 Å². The lowest BCUT2D eigenvalue weighted by Gasteiger charge is -2.36. The van der Waals surface area contributed by atoms with Crippen LogP contribution in [0.25, 0.3) is 11.0 Å². The summed E-state index contributed by atoms with van der Waals surface area (Å²) in [6.45, 7) is 2.08. The summed E-state index contributed by atoms with van der Waals surface area (Å²) in [5.74, 6) is 1.04. The van der Waals surface area contributed by atoms with E-state index in [1.807, 2.05) is 32.7 Å². The molecule has 0 spiro atoms. The number of fused-ring (bicyclic) bond motifs is 1. The predicted molar refractivity (Wildman–Crippen MR) is 77.4 cm³/mol. The topological polar surface area (TPSA) is 46.0 Å². The van der Waals surface area contributed by atoms with Crippen LogP contribution in [0.2, 0.25) is 0 Å². The number of hydrogen-bond donors (Lipinski definition) is 1. The molecule has 0 amide bonds. The van der Waals surface area contributed by atoms with Crippen molar-refractivity contribution in [2.24, 2.45) is 7.05 Å². The van der Waals surface area contributed by atoms with Crippen LogP contribution in [-0.2, 0) is 7.05 Å². The molecule has 2 aromatic rings. The van der Waals surface area contributed by atoms with Crippen LogP contribution in [0.4, 0.5) is 5.82 Å². The van der Waals surface area contributed by atoms with E-state index in [0.717, 1.165) is 29.9 Å². The van der Waals surface area contributed by atoms with Gasteiger partial charge in [-0.15, -0.1) is 0 Å². The van der Waals surface area contributed by atoms with Gasteiger partial charge in [0.25, 0.3) is 0 Å². The first kappa shape index (κ1) is 12.4. The Balaban J connectivity index is 2.01. The second-order valence-corrected chi connectivity index (χ2v) is 5.26. The highest BCUT2D eigenvalue weighted by molar-refractivity contribution is 5.86. The summed E-state index contributed by atoms with van der Waals surface area (Å²) in [6.07, 6.45) is 7.54. The van der Waals surface area contributed by atoms with Gasteiger partial charge in [-0.1, -0.05) is 0 Å². The highest BCUT2D eigenvalue weighted by Gasteiger charge is 2.25. The van der Waals surface area contributed by atoms with E-state index in [2.05, 4.69) is 24.8 Å². The van der Waals surface area contributed by atoms with E-state index in [-0.39, 0.29) is 0 Å². The maximum absolute atomic E-state index is 4.60. The minimum atomic E-state index is 0.527. The van der Waals surface area contributed by atoms with Crippen molar-refractivity contribution in [2.45, 2.75) is 25.3 Å². The van der Waals surface area contributed by atoms with Crippen LogP contribution in [0.15, 0.2) is 18.6 Å². The van der Waals surface area contributed by atoms with Gasteiger partial charge in [0.2, 0.25) is 0 Å². The highest BCUT2D eigenvalue weighted by Crippen LogP contribution is 2.28. The molecule has 0 aromatic carbocycles. The molecule has 0 radical (unpaired) electrons. The van der Waals surface area contributed by atoms with Gasteiger partial charge in [0.15, 0.2) is 5.82 Å². The van der Waals surface area contributed by atoms with Crippen molar-refractivity contribution in [1.82, 2.24) is 19.9 Å². The number of aryl methyl sites for hydroxylation is 1. The summed E-state index contributed by atoms with van der Waals surface area (Å²) >= 11 is 0. The normalized spacial score (nSPS) is 20.1. The Kier molecular flexibility index (Phi) is 3.38. The van der Waals surface area contributed by atoms with Gasteiger partial charge in [0.1, 0.15) is 5.52 Å². The standard InChI is InChI=1S/C14H21N5/c1-15-9-11-5-3-4-8-19(11)14-13-12(6-7-16-14)18(2)10-17-13/h6-7,10-11,15H,3-5,8-9H2,1-2H3. The van der Waals surface area contributed by atoms with Crippen LogP contribution in [0.5, 0.6) is 0 Å². The summed E-state index contributed by atoms with van der Waals surface area (Å²) in [5.41, 5.74) is 2.17. The Bertz CT molecular complexity index is 560. The molecule has 1 N–H and O–H groups in total. The van der Waals surface area contributed by atoms with Gasteiger partial charge < -0.3 is 14.8 Å². The number of pyridine rings is 1. The minimum absolute atomic E-state index is 0.527. The average molecular weight is 259 g/mol. The summed E-state index contributed by atoms with van der Waals surface area (Å²) in [6, 6.07) is 2.56. The Morgan fingerprint density at radius 3 is 3.11 bits per heavy atom. The third kappa shape index (κ3) is 2.18. The first-order valence-corrected chi connectivity index (χ1v) is 6.98. The van der Waals surface area contributed by atoms with Crippen molar-refractivity contribution in [3.8, 4) is 0 Å². The number of likely N-dealkylation sites (N-methyl/N-ethyl adjacent to an activating group) is 1. The van der Waals surface area contributed by atoms with Crippen LogP contribution in [-0.4, -0.2) is 40.7 Å². The molecule has 1 fully saturated rings. The summed E-state index contributed by atoms with van der Waals surface area (Å²) < 4.78 is 2.05. The van der Waals surface area contributed by atoms with Gasteiger partial charge >= 0.3 is 0 Å². The van der Waals surface area contributed by atoms with Gasteiger partial charge in [-0.05, 0) is 32.4 Å². The molecule has 5 heteroatoms. The fourth-order valence-corrected chi connectivity index (χ4v) is 2.99. The number of aromatic nitrogens is 3. The van der Waals surface area contributed by atoms with E-state index in [4.69, 9.17) is 0 Å². The lowest BCUT2D eigenvalue weighted by atomic mass is 10.0. The van der Waals surface area contributed by atoms with E-state index in [1.54, 1.807) is 0 Å². The summed E-state index contributed by atoms with van der Waals surface area (Å²) in [5, 5.41) is 3.30. The second-order valence-electron chi connectivity index (χ2n) is 5.26. The van der Waals surface area contributed by atoms with Crippen molar-refractivity contribution in [2.75, 3.05) is 25.0 Å². The second kappa shape index (κ2) is 5.17. The molecule has 1 saturated heterocycles. The lowest BCUT2D eigenvalue weighted by molar-refractivity contribution is 0.444. The third-order valence-electron chi connectivity index (χ3n) is 3.96. The van der Waals surface area contributed by atoms with E-state index in [1.165, 1.54) is 19.3 Å². The van der Waals surface area contributed by atoms with Crippen LogP contribution < -0.4 is 10.2 Å². The molecule has 1 atom stereocenters. The lowest BCUT2D eigenvalue weighted by Crippen LogP contribution is -2.45. The molecule has 1 aliphatic rings. The quantitative estimate of drug-likeness (QED) is 0.908. The Labute approximate surface area is 113 Å². The van der Waals surface area contributed by atoms with E-state index in [0.29, 0.717) is 6.04 Å². The molecular formula is C14H21N5. The number of nitrogens with zero attached hydrogens (tertiary/aromatic N) is 4. The Morgan fingerprint density at radius 1 is 1.37 bits per heavy atom. The number of hydrogen-bond acceptors (Lipinski definition) is 4. The first-order chi connectivity index (χ1) is 9.31. The predicted octanol–water partition coefficient (Wildman–Crippen LogP) is 1.55. The molecular weight excluding hydrogens is 238 g/mol. The van der Waals surface area contributed by atoms with Crippen LogP contribution in [0.3, 0.4) is 0 Å². The van der Waals surface area contributed by atoms with Gasteiger partial charge in [-0.25, -0.2) is 9.97 Å². The van der Waals surface area contributed by atoms with Gasteiger partial charge in [-0.2, -0.15) is 0 Å². The smallest absolute Gasteiger partial charge is 0.157 e. The Hall–Kier alpha value is -1.62. The van der Waals surface area contributed by atoms with Gasteiger partial charge in [0.05, 0.1) is 11.8 Å². The molecule has 1 aliphatic heterocycles. The molecule has 3 heterocycles. The molecule has 1 unspecified atom stereocenters. The van der Waals surface area contributed by atoms with E-state index >= 15 is 0 Å². The van der Waals surface area contributed by atoms with Gasteiger partial charge in [0, 0.05) is 32.4 Å². The molecule has 19 heavy (non-hydrogen) atoms. The Morgan fingerprint density at radius 2 is 2.26 bits per heavy atom. The van der Waals surface area contributed by atoms with E-state index in [9.17, 15) is 0 Å². The van der Waals surface area contributed by atoms with Crippen LogP contribution >= 0.6 is 0 Å². The molecule has 2 aromatic heterocycles. The average Bonchev–Trinajstić information content (AvgIpc) is 2.82. The molecule has 102 valence electrons. The van der Waals surface area contributed by atoms with Crippen LogP contribution in [0, 0.1) is 0 Å². The van der Waals surface area contributed by atoms with Crippen molar-refractivity contribution < 1.29 is 0 Å². The van der Waals surface area contributed by atoms with Gasteiger partial charge in [-0.3, -0.25) is 0 Å². The van der Waals surface area contributed by atoms with Crippen molar-refractivity contribution in [1.29, 1.82) is 0 Å². The number of piperidine rings is 1. The minimum Gasteiger partial charge on any atom is -0.351 e. The number of nitrogens with one attached hydrogen (secondary N) is 1. The SMILES string of the molecule is CNCC1CCCCN1c1nccc2c1ncn2C. The molecule has 5 nitrogen and oxygen atoms in total. The maximum atomic E-state index is 4.60. The summed E-state index contributed by atoms with van der Waals surface area (Å²) in [7, 11) is 4.04. The molecule has 3 rings (SSSR count). The maximum Gasteiger partial charge on any atom is 0.157 e. The number of rotatable bonds is 3. The summed E-state index contributed by atoms with van der Waals surface area (Å²) in [4.78, 5) is 11.6. The molecule has 0 saturated carbocycles. The fourth-order valence-electron chi connectivity index (χ4n) is 2.99.